The third-order valence-electron chi connectivity index (χ3n) is 6.45. The SMILES string of the molecule is C=[NH+]N[C@@H](CCCCNC(=O)CC[C@H](NC(=O)CCCCCCCCCCCCCC(=O)O)C(N)=O)C(=O)O. The van der Waals surface area contributed by atoms with Crippen LogP contribution in [0.5, 0.6) is 0 Å². The van der Waals surface area contributed by atoms with E-state index >= 15 is 0 Å². The summed E-state index contributed by atoms with van der Waals surface area (Å²) in [5, 5.41) is 25.4. The van der Waals surface area contributed by atoms with Gasteiger partial charge in [-0.1, -0.05) is 57.8 Å². The maximum absolute atomic E-state index is 12.2. The summed E-state index contributed by atoms with van der Waals surface area (Å²) in [6.07, 6.45) is 13.6. The van der Waals surface area contributed by atoms with Crippen LogP contribution >= 0.6 is 0 Å². The number of aliphatic carboxylic acids is 2. The number of carboxylic acids is 2. The van der Waals surface area contributed by atoms with Gasteiger partial charge < -0.3 is 26.6 Å². The second-order valence-electron chi connectivity index (χ2n) is 9.90. The molecule has 224 valence electrons. The Morgan fingerprint density at radius 2 is 1.21 bits per heavy atom. The van der Waals surface area contributed by atoms with Crippen LogP contribution in [0.1, 0.15) is 116 Å². The molecule has 0 saturated carbocycles. The van der Waals surface area contributed by atoms with Gasteiger partial charge in [0.1, 0.15) is 6.04 Å². The molecule has 0 spiro atoms. The second kappa shape index (κ2) is 23.9. The molecule has 0 bridgehead atoms. The third-order valence-corrected chi connectivity index (χ3v) is 6.45. The minimum Gasteiger partial charge on any atom is -0.481 e. The lowest BCUT2D eigenvalue weighted by molar-refractivity contribution is -0.522. The molecule has 0 unspecified atom stereocenters. The van der Waals surface area contributed by atoms with Gasteiger partial charge in [0.05, 0.1) is 0 Å². The number of nitrogens with one attached hydrogen (secondary N) is 4. The van der Waals surface area contributed by atoms with Crippen molar-refractivity contribution in [2.24, 2.45) is 5.73 Å². The molecule has 0 aromatic rings. The van der Waals surface area contributed by atoms with E-state index in [1.165, 1.54) is 12.8 Å². The monoisotopic (exact) mass is 556 g/mol. The van der Waals surface area contributed by atoms with Gasteiger partial charge in [0, 0.05) is 25.8 Å². The minimum absolute atomic E-state index is 0.0426. The van der Waals surface area contributed by atoms with Crippen molar-refractivity contribution in [1.82, 2.24) is 16.1 Å². The molecular weight excluding hydrogens is 506 g/mol. The first-order valence-electron chi connectivity index (χ1n) is 14.2. The van der Waals surface area contributed by atoms with Crippen molar-refractivity contribution in [3.8, 4) is 0 Å². The fraction of sp³-hybridized carbons (Fsp3) is 0.778. The standard InChI is InChI=1S/C27H49N5O7/c1-29-32-22(27(38)39)15-13-14-20-30-23(33)19-18-21(26(28)37)31-24(34)16-11-9-7-5-3-2-4-6-8-10-12-17-25(35)36/h21-22,32H,1-20H2,(H2,28,37)(H,30,33)(H,31,34)(H,35,36)(H,38,39)/p+1/t21-,22-/m0/s1. The molecule has 0 saturated heterocycles. The minimum atomic E-state index is -0.985. The number of primary amides is 1. The molecule has 0 aromatic heterocycles. The van der Waals surface area contributed by atoms with Crippen LogP contribution in [-0.2, 0) is 24.0 Å². The molecular formula is C27H50N5O7+. The van der Waals surface area contributed by atoms with Crippen LogP contribution < -0.4 is 26.9 Å². The average molecular weight is 557 g/mol. The molecule has 2 atom stereocenters. The van der Waals surface area contributed by atoms with Crippen LogP contribution in [0.3, 0.4) is 0 Å². The summed E-state index contributed by atoms with van der Waals surface area (Å²) in [5.41, 5.74) is 7.94. The van der Waals surface area contributed by atoms with Crippen molar-refractivity contribution in [2.45, 2.75) is 128 Å². The van der Waals surface area contributed by atoms with E-state index in [4.69, 9.17) is 15.9 Å². The van der Waals surface area contributed by atoms with Crippen LogP contribution in [0.15, 0.2) is 0 Å². The lowest BCUT2D eigenvalue weighted by Gasteiger charge is -2.15. The van der Waals surface area contributed by atoms with E-state index in [1.807, 2.05) is 0 Å². The van der Waals surface area contributed by atoms with Crippen LogP contribution in [0.25, 0.3) is 0 Å². The van der Waals surface area contributed by atoms with Crippen molar-refractivity contribution >= 4 is 36.4 Å². The molecule has 0 aliphatic heterocycles. The van der Waals surface area contributed by atoms with Crippen LogP contribution in [0.2, 0.25) is 0 Å². The molecule has 0 heterocycles. The van der Waals surface area contributed by atoms with Crippen molar-refractivity contribution in [1.29, 1.82) is 0 Å². The van der Waals surface area contributed by atoms with Gasteiger partial charge in [-0.2, -0.15) is 5.43 Å². The van der Waals surface area contributed by atoms with Gasteiger partial charge in [0.25, 0.3) is 0 Å². The molecule has 0 rings (SSSR count). The highest BCUT2D eigenvalue weighted by atomic mass is 16.4. The Balaban J connectivity index is 3.85. The van der Waals surface area contributed by atoms with Gasteiger partial charge in [-0.3, -0.25) is 19.2 Å². The summed E-state index contributed by atoms with van der Waals surface area (Å²) in [7, 11) is 0. The Labute approximate surface area is 231 Å². The number of unbranched alkanes of at least 4 members (excludes halogenated alkanes) is 11. The highest BCUT2D eigenvalue weighted by molar-refractivity contribution is 5.87. The highest BCUT2D eigenvalue weighted by Gasteiger charge is 2.20. The Morgan fingerprint density at radius 3 is 1.69 bits per heavy atom. The summed E-state index contributed by atoms with van der Waals surface area (Å²) < 4.78 is 0. The Bertz CT molecular complexity index is 748. The molecule has 39 heavy (non-hydrogen) atoms. The quantitative estimate of drug-likeness (QED) is 0.0439. The fourth-order valence-corrected chi connectivity index (χ4v) is 4.15. The number of carbonyl (C=O) groups is 5. The van der Waals surface area contributed by atoms with Gasteiger partial charge >= 0.3 is 11.9 Å². The zero-order valence-electron chi connectivity index (χ0n) is 23.3. The van der Waals surface area contributed by atoms with E-state index in [1.54, 1.807) is 0 Å². The largest absolute Gasteiger partial charge is 0.481 e. The second-order valence-corrected chi connectivity index (χ2v) is 9.90. The summed E-state index contributed by atoms with van der Waals surface area (Å²) in [4.78, 5) is 57.5. The van der Waals surface area contributed by atoms with E-state index in [2.05, 4.69) is 27.9 Å². The number of carboxylic acid groups (broad SMARTS) is 2. The molecule has 3 amide bonds. The van der Waals surface area contributed by atoms with Gasteiger partial charge in [-0.15, -0.1) is 5.10 Å². The molecule has 0 fully saturated rings. The molecule has 0 aliphatic rings. The van der Waals surface area contributed by atoms with Crippen molar-refractivity contribution in [2.75, 3.05) is 6.54 Å². The zero-order valence-corrected chi connectivity index (χ0v) is 23.3. The van der Waals surface area contributed by atoms with Crippen LogP contribution in [0, 0.1) is 0 Å². The number of nitrogens with two attached hydrogens (primary N) is 1. The summed E-state index contributed by atoms with van der Waals surface area (Å²) in [6.45, 7) is 3.71. The molecule has 0 aromatic carbocycles. The number of hydrogen-bond acceptors (Lipinski definition) is 6. The lowest BCUT2D eigenvalue weighted by atomic mass is 10.0. The zero-order chi connectivity index (χ0) is 29.3. The van der Waals surface area contributed by atoms with Gasteiger partial charge in [-0.25, -0.2) is 4.79 Å². The lowest BCUT2D eigenvalue weighted by Crippen LogP contribution is -2.81. The number of carbonyl (C=O) groups excluding carboxylic acids is 3. The Hall–Kier alpha value is -3.18. The number of rotatable bonds is 27. The first-order valence-corrected chi connectivity index (χ1v) is 14.2. The Kier molecular flexibility index (Phi) is 22.0. The van der Waals surface area contributed by atoms with E-state index in [9.17, 15) is 24.0 Å². The van der Waals surface area contributed by atoms with Gasteiger partial charge in [0.15, 0.2) is 12.8 Å². The van der Waals surface area contributed by atoms with Crippen LogP contribution in [0.4, 0.5) is 0 Å². The predicted octanol–water partition coefficient (Wildman–Crippen LogP) is 0.918. The smallest absolute Gasteiger partial charge is 0.331 e. The van der Waals surface area contributed by atoms with E-state index < -0.39 is 29.9 Å². The molecule has 0 aliphatic carbocycles. The molecule has 12 heteroatoms. The normalized spacial score (nSPS) is 12.2. The summed E-state index contributed by atoms with van der Waals surface area (Å²) in [5.74, 6) is -2.90. The predicted molar refractivity (Wildman–Crippen MR) is 148 cm³/mol. The fourth-order valence-electron chi connectivity index (χ4n) is 4.15. The molecule has 12 nitrogen and oxygen atoms in total. The maximum atomic E-state index is 12.2. The highest BCUT2D eigenvalue weighted by Crippen LogP contribution is 2.12. The number of hydrogen-bond donors (Lipinski definition) is 7. The number of hydrazone groups is 1. The summed E-state index contributed by atoms with van der Waals surface area (Å²) in [6, 6.07) is -1.66. The van der Waals surface area contributed by atoms with Gasteiger partial charge in [0.2, 0.25) is 17.7 Å². The first kappa shape index (κ1) is 35.8. The third kappa shape index (κ3) is 22.5. The Morgan fingerprint density at radius 1 is 0.667 bits per heavy atom. The maximum Gasteiger partial charge on any atom is 0.331 e. The van der Waals surface area contributed by atoms with Crippen molar-refractivity contribution in [3.05, 3.63) is 0 Å². The number of hydrazine groups is 1. The van der Waals surface area contributed by atoms with Gasteiger partial charge in [-0.05, 0) is 38.5 Å². The van der Waals surface area contributed by atoms with Crippen molar-refractivity contribution < 1.29 is 39.3 Å². The molecule has 0 radical (unpaired) electrons. The summed E-state index contributed by atoms with van der Waals surface area (Å²) >= 11 is 0. The van der Waals surface area contributed by atoms with Crippen molar-refractivity contribution in [3.63, 3.8) is 0 Å². The first-order chi connectivity index (χ1) is 18.7. The van der Waals surface area contributed by atoms with Crippen LogP contribution in [-0.4, -0.2) is 65.2 Å². The number of amides is 3. The van der Waals surface area contributed by atoms with E-state index in [0.717, 1.165) is 57.8 Å². The molecule has 8 N–H and O–H groups in total. The van der Waals surface area contributed by atoms with E-state index in [0.29, 0.717) is 32.2 Å². The van der Waals surface area contributed by atoms with E-state index in [-0.39, 0.29) is 31.1 Å². The average Bonchev–Trinajstić information content (AvgIpc) is 2.87. The topological polar surface area (TPSA) is 202 Å².